The SMILES string of the molecule is COC(=O)c1cc(Cc2ccc(N3CC4CC4C3)nc2C)c(C#N)s1. The van der Waals surface area contributed by atoms with Gasteiger partial charge in [0.05, 0.1) is 7.11 Å². The third kappa shape index (κ3) is 3.00. The normalized spacial score (nSPS) is 20.9. The summed E-state index contributed by atoms with van der Waals surface area (Å²) in [6, 6.07) is 8.11. The molecule has 0 aromatic carbocycles. The number of hydrogen-bond acceptors (Lipinski definition) is 6. The number of aryl methyl sites for hydroxylation is 1. The molecule has 2 fully saturated rings. The first kappa shape index (κ1) is 16.1. The van der Waals surface area contributed by atoms with E-state index in [4.69, 9.17) is 9.72 Å². The number of aromatic nitrogens is 1. The van der Waals surface area contributed by atoms with Gasteiger partial charge in [-0.2, -0.15) is 5.26 Å². The van der Waals surface area contributed by atoms with Crippen LogP contribution in [0.15, 0.2) is 18.2 Å². The molecular weight excluding hydrogens is 334 g/mol. The lowest BCUT2D eigenvalue weighted by Gasteiger charge is -2.20. The van der Waals surface area contributed by atoms with E-state index < -0.39 is 5.97 Å². The Morgan fingerprint density at radius 2 is 2.16 bits per heavy atom. The molecule has 25 heavy (non-hydrogen) atoms. The maximum absolute atomic E-state index is 11.7. The van der Waals surface area contributed by atoms with Crippen molar-refractivity contribution in [3.8, 4) is 6.07 Å². The van der Waals surface area contributed by atoms with Gasteiger partial charge in [-0.05, 0) is 48.4 Å². The van der Waals surface area contributed by atoms with E-state index in [1.54, 1.807) is 6.07 Å². The average Bonchev–Trinajstić information content (AvgIpc) is 3.05. The molecule has 2 aromatic rings. The third-order valence-corrected chi connectivity index (χ3v) is 6.22. The predicted octanol–water partition coefficient (Wildman–Crippen LogP) is 3.16. The Bertz CT molecular complexity index is 873. The zero-order chi connectivity index (χ0) is 17.6. The lowest BCUT2D eigenvalue weighted by atomic mass is 10.0. The van der Waals surface area contributed by atoms with Crippen LogP contribution >= 0.6 is 11.3 Å². The Balaban J connectivity index is 1.55. The molecule has 2 aliphatic rings. The molecular formula is C19H19N3O2S. The van der Waals surface area contributed by atoms with E-state index in [-0.39, 0.29) is 0 Å². The zero-order valence-electron chi connectivity index (χ0n) is 14.3. The molecule has 0 amide bonds. The van der Waals surface area contributed by atoms with Crippen LogP contribution in [-0.4, -0.2) is 31.2 Å². The summed E-state index contributed by atoms with van der Waals surface area (Å²) in [5, 5.41) is 9.34. The molecule has 0 bridgehead atoms. The van der Waals surface area contributed by atoms with Crippen molar-refractivity contribution in [1.29, 1.82) is 5.26 Å². The highest BCUT2D eigenvalue weighted by Crippen LogP contribution is 2.46. The number of carbonyl (C=O) groups is 1. The van der Waals surface area contributed by atoms with Gasteiger partial charge in [0, 0.05) is 25.2 Å². The largest absolute Gasteiger partial charge is 0.465 e. The van der Waals surface area contributed by atoms with E-state index in [9.17, 15) is 10.1 Å². The van der Waals surface area contributed by atoms with Gasteiger partial charge in [-0.1, -0.05) is 6.07 Å². The lowest BCUT2D eigenvalue weighted by Crippen LogP contribution is -2.23. The van der Waals surface area contributed by atoms with Crippen molar-refractivity contribution in [3.05, 3.63) is 44.8 Å². The summed E-state index contributed by atoms with van der Waals surface area (Å²) in [6.07, 6.45) is 1.98. The number of esters is 1. The van der Waals surface area contributed by atoms with Crippen molar-refractivity contribution in [2.24, 2.45) is 11.8 Å². The minimum absolute atomic E-state index is 0.398. The highest BCUT2D eigenvalue weighted by molar-refractivity contribution is 7.14. The van der Waals surface area contributed by atoms with Crippen LogP contribution in [0.2, 0.25) is 0 Å². The summed E-state index contributed by atoms with van der Waals surface area (Å²) < 4.78 is 4.75. The molecule has 2 unspecified atom stereocenters. The lowest BCUT2D eigenvalue weighted by molar-refractivity contribution is 0.0606. The van der Waals surface area contributed by atoms with Gasteiger partial charge in [-0.15, -0.1) is 11.3 Å². The van der Waals surface area contributed by atoms with Gasteiger partial charge in [0.1, 0.15) is 21.6 Å². The molecule has 1 aliphatic carbocycles. The molecule has 1 aliphatic heterocycles. The van der Waals surface area contributed by atoms with Crippen LogP contribution in [-0.2, 0) is 11.2 Å². The standard InChI is InChI=1S/C19H19N3O2S/c1-11-12(3-4-18(21-11)22-9-14-6-15(14)10-22)5-13-7-16(19(23)24-2)25-17(13)8-20/h3-4,7,14-15H,5-6,9-10H2,1-2H3. The van der Waals surface area contributed by atoms with E-state index >= 15 is 0 Å². The number of rotatable bonds is 4. The van der Waals surface area contributed by atoms with E-state index in [1.165, 1.54) is 24.9 Å². The number of nitriles is 1. The first-order valence-corrected chi connectivity index (χ1v) is 9.23. The molecule has 3 heterocycles. The van der Waals surface area contributed by atoms with Gasteiger partial charge >= 0.3 is 5.97 Å². The van der Waals surface area contributed by atoms with Crippen molar-refractivity contribution < 1.29 is 9.53 Å². The summed E-state index contributed by atoms with van der Waals surface area (Å²) in [5.74, 6) is 2.41. The Kier molecular flexibility index (Phi) is 3.97. The molecule has 128 valence electrons. The number of thiophene rings is 1. The molecule has 2 aromatic heterocycles. The second-order valence-corrected chi connectivity index (χ2v) is 7.87. The first-order valence-electron chi connectivity index (χ1n) is 8.41. The summed E-state index contributed by atoms with van der Waals surface area (Å²) in [7, 11) is 1.35. The van der Waals surface area contributed by atoms with Gasteiger partial charge in [-0.3, -0.25) is 0 Å². The average molecular weight is 353 g/mol. The molecule has 0 spiro atoms. The van der Waals surface area contributed by atoms with Crippen molar-refractivity contribution in [1.82, 2.24) is 4.98 Å². The molecule has 0 radical (unpaired) electrons. The molecule has 2 atom stereocenters. The number of ether oxygens (including phenoxy) is 1. The molecule has 1 saturated heterocycles. The number of fused-ring (bicyclic) bond motifs is 1. The van der Waals surface area contributed by atoms with Gasteiger partial charge < -0.3 is 9.64 Å². The van der Waals surface area contributed by atoms with Crippen LogP contribution in [0.1, 0.15) is 37.8 Å². The van der Waals surface area contributed by atoms with E-state index in [0.29, 0.717) is 16.2 Å². The number of piperidine rings is 1. The van der Waals surface area contributed by atoms with Crippen LogP contribution in [0.3, 0.4) is 0 Å². The molecule has 0 N–H and O–H groups in total. The fourth-order valence-electron chi connectivity index (χ4n) is 3.59. The van der Waals surface area contributed by atoms with Gasteiger partial charge in [-0.25, -0.2) is 9.78 Å². The molecule has 1 saturated carbocycles. The Morgan fingerprint density at radius 1 is 1.40 bits per heavy atom. The van der Waals surface area contributed by atoms with Gasteiger partial charge in [0.15, 0.2) is 0 Å². The van der Waals surface area contributed by atoms with Crippen LogP contribution in [0, 0.1) is 30.1 Å². The second kappa shape index (κ2) is 6.16. The fraction of sp³-hybridized carbons (Fsp3) is 0.421. The molecule has 6 heteroatoms. The summed E-state index contributed by atoms with van der Waals surface area (Å²) in [6.45, 7) is 4.26. The monoisotopic (exact) mass is 353 g/mol. The topological polar surface area (TPSA) is 66.2 Å². The minimum atomic E-state index is -0.398. The second-order valence-electron chi connectivity index (χ2n) is 6.82. The highest BCUT2D eigenvalue weighted by atomic mass is 32.1. The maximum Gasteiger partial charge on any atom is 0.348 e. The fourth-order valence-corrected chi connectivity index (χ4v) is 4.48. The third-order valence-electron chi connectivity index (χ3n) is 5.16. The van der Waals surface area contributed by atoms with E-state index in [2.05, 4.69) is 23.1 Å². The highest BCUT2D eigenvalue weighted by Gasteiger charge is 2.45. The quantitative estimate of drug-likeness (QED) is 0.790. The molecule has 4 rings (SSSR count). The van der Waals surface area contributed by atoms with E-state index in [0.717, 1.165) is 47.6 Å². The minimum Gasteiger partial charge on any atom is -0.465 e. The van der Waals surface area contributed by atoms with Crippen molar-refractivity contribution in [3.63, 3.8) is 0 Å². The summed E-state index contributed by atoms with van der Waals surface area (Å²) in [5.41, 5.74) is 2.92. The number of methoxy groups -OCH3 is 1. The number of nitrogens with zero attached hydrogens (tertiary/aromatic N) is 3. The van der Waals surface area contributed by atoms with Crippen LogP contribution in [0.25, 0.3) is 0 Å². The van der Waals surface area contributed by atoms with Crippen molar-refractivity contribution in [2.45, 2.75) is 19.8 Å². The number of pyridine rings is 1. The summed E-state index contributed by atoms with van der Waals surface area (Å²) in [4.78, 5) is 19.9. The number of hydrogen-bond donors (Lipinski definition) is 0. The zero-order valence-corrected chi connectivity index (χ0v) is 15.1. The van der Waals surface area contributed by atoms with E-state index in [1.807, 2.05) is 6.92 Å². The van der Waals surface area contributed by atoms with Crippen LogP contribution in [0.4, 0.5) is 5.82 Å². The first-order chi connectivity index (χ1) is 12.1. The smallest absolute Gasteiger partial charge is 0.348 e. The van der Waals surface area contributed by atoms with Gasteiger partial charge in [0.25, 0.3) is 0 Å². The maximum atomic E-state index is 11.7. The van der Waals surface area contributed by atoms with Crippen LogP contribution < -0.4 is 4.90 Å². The number of carbonyl (C=O) groups excluding carboxylic acids is 1. The van der Waals surface area contributed by atoms with Crippen LogP contribution in [0.5, 0.6) is 0 Å². The summed E-state index contributed by atoms with van der Waals surface area (Å²) >= 11 is 1.18. The number of anilines is 1. The van der Waals surface area contributed by atoms with Crippen molar-refractivity contribution in [2.75, 3.05) is 25.1 Å². The Hall–Kier alpha value is -2.39. The molecule has 5 nitrogen and oxygen atoms in total. The van der Waals surface area contributed by atoms with Gasteiger partial charge in [0.2, 0.25) is 0 Å². The predicted molar refractivity (Wildman–Crippen MR) is 96.0 cm³/mol. The van der Waals surface area contributed by atoms with Crippen molar-refractivity contribution >= 4 is 23.1 Å². The Morgan fingerprint density at radius 3 is 2.80 bits per heavy atom. The Labute approximate surface area is 150 Å².